The number of amides is 3. The summed E-state index contributed by atoms with van der Waals surface area (Å²) in [4.78, 5) is 24.8. The number of halogens is 1. The molecule has 6 heteroatoms. The van der Waals surface area contributed by atoms with Crippen molar-refractivity contribution in [3.63, 3.8) is 0 Å². The molecule has 0 spiro atoms. The standard InChI is InChI=1S/C15H20ClN3O2/c1-9(2)12-4-3-10(7-13(12)16)14(20)18-11-5-6-19(8-11)15(17)21/h3-4,7,9,11H,5-6,8H2,1-2H3,(H2,17,21)(H,18,20)/t11-/m1/s1. The van der Waals surface area contributed by atoms with Crippen molar-refractivity contribution >= 4 is 23.5 Å². The molecule has 0 unspecified atom stereocenters. The summed E-state index contributed by atoms with van der Waals surface area (Å²) in [5, 5.41) is 3.51. The number of carbonyl (C=O) groups excluding carboxylic acids is 2. The van der Waals surface area contributed by atoms with Gasteiger partial charge in [0.25, 0.3) is 5.91 Å². The molecule has 1 fully saturated rings. The van der Waals surface area contributed by atoms with E-state index in [1.807, 2.05) is 6.07 Å². The van der Waals surface area contributed by atoms with Gasteiger partial charge in [0.05, 0.1) is 0 Å². The van der Waals surface area contributed by atoms with Crippen molar-refractivity contribution < 1.29 is 9.59 Å². The van der Waals surface area contributed by atoms with E-state index in [0.29, 0.717) is 36.0 Å². The van der Waals surface area contributed by atoms with E-state index in [0.717, 1.165) is 5.56 Å². The molecule has 1 aliphatic rings. The fraction of sp³-hybridized carbons (Fsp3) is 0.467. The average Bonchev–Trinajstić information content (AvgIpc) is 2.86. The Hall–Kier alpha value is -1.75. The number of nitrogens with two attached hydrogens (primary N) is 1. The summed E-state index contributed by atoms with van der Waals surface area (Å²) in [5.41, 5.74) is 6.78. The summed E-state index contributed by atoms with van der Waals surface area (Å²) in [5.74, 6) is 0.136. The zero-order chi connectivity index (χ0) is 15.6. The normalized spacial score (nSPS) is 18.1. The van der Waals surface area contributed by atoms with E-state index in [-0.39, 0.29) is 11.9 Å². The Morgan fingerprint density at radius 2 is 2.14 bits per heavy atom. The van der Waals surface area contributed by atoms with Crippen LogP contribution >= 0.6 is 11.6 Å². The first-order valence-corrected chi connectivity index (χ1v) is 7.41. The third-order valence-electron chi connectivity index (χ3n) is 3.72. The molecule has 1 heterocycles. The Labute approximate surface area is 129 Å². The number of nitrogens with one attached hydrogen (secondary N) is 1. The number of rotatable bonds is 3. The van der Waals surface area contributed by atoms with Crippen LogP contribution in [0, 0.1) is 0 Å². The van der Waals surface area contributed by atoms with Gasteiger partial charge in [-0.05, 0) is 30.0 Å². The maximum Gasteiger partial charge on any atom is 0.314 e. The number of urea groups is 1. The topological polar surface area (TPSA) is 75.4 Å². The summed E-state index contributed by atoms with van der Waals surface area (Å²) in [6.45, 7) is 5.14. The lowest BCUT2D eigenvalue weighted by Gasteiger charge is -2.15. The number of hydrogen-bond acceptors (Lipinski definition) is 2. The number of likely N-dealkylation sites (tertiary alicyclic amines) is 1. The molecule has 2 rings (SSSR count). The van der Waals surface area contributed by atoms with Crippen LogP contribution in [0.15, 0.2) is 18.2 Å². The second kappa shape index (κ2) is 6.35. The quantitative estimate of drug-likeness (QED) is 0.899. The van der Waals surface area contributed by atoms with Gasteiger partial charge in [-0.25, -0.2) is 4.79 Å². The van der Waals surface area contributed by atoms with Gasteiger partial charge in [-0.1, -0.05) is 31.5 Å². The van der Waals surface area contributed by atoms with E-state index >= 15 is 0 Å². The number of benzene rings is 1. The highest BCUT2D eigenvalue weighted by Crippen LogP contribution is 2.25. The second-order valence-electron chi connectivity index (χ2n) is 5.63. The van der Waals surface area contributed by atoms with Crippen molar-refractivity contribution in [3.05, 3.63) is 34.3 Å². The predicted octanol–water partition coefficient (Wildman–Crippen LogP) is 2.35. The van der Waals surface area contributed by atoms with Crippen LogP contribution in [0.1, 0.15) is 42.1 Å². The van der Waals surface area contributed by atoms with E-state index in [1.165, 1.54) is 4.90 Å². The Kier molecular flexibility index (Phi) is 4.73. The molecule has 0 aromatic heterocycles. The van der Waals surface area contributed by atoms with Gasteiger partial charge in [-0.3, -0.25) is 4.79 Å². The highest BCUT2D eigenvalue weighted by molar-refractivity contribution is 6.31. The van der Waals surface area contributed by atoms with Gasteiger partial charge in [0.2, 0.25) is 0 Å². The van der Waals surface area contributed by atoms with Crippen molar-refractivity contribution in [1.29, 1.82) is 0 Å². The van der Waals surface area contributed by atoms with E-state index in [9.17, 15) is 9.59 Å². The fourth-order valence-corrected chi connectivity index (χ4v) is 2.88. The molecule has 0 saturated carbocycles. The molecule has 21 heavy (non-hydrogen) atoms. The van der Waals surface area contributed by atoms with E-state index in [1.54, 1.807) is 12.1 Å². The lowest BCUT2D eigenvalue weighted by Crippen LogP contribution is -2.40. The van der Waals surface area contributed by atoms with E-state index in [4.69, 9.17) is 17.3 Å². The summed E-state index contributed by atoms with van der Waals surface area (Å²) in [7, 11) is 0. The lowest BCUT2D eigenvalue weighted by molar-refractivity contribution is 0.0938. The molecular weight excluding hydrogens is 290 g/mol. The Morgan fingerprint density at radius 3 is 2.67 bits per heavy atom. The first-order chi connectivity index (χ1) is 9.88. The summed E-state index contributed by atoms with van der Waals surface area (Å²) in [6, 6.07) is 4.83. The van der Waals surface area contributed by atoms with Crippen molar-refractivity contribution in [3.8, 4) is 0 Å². The van der Waals surface area contributed by atoms with Crippen molar-refractivity contribution in [2.75, 3.05) is 13.1 Å². The van der Waals surface area contributed by atoms with Crippen LogP contribution in [0.4, 0.5) is 4.79 Å². The summed E-state index contributed by atoms with van der Waals surface area (Å²) in [6.07, 6.45) is 0.715. The monoisotopic (exact) mass is 309 g/mol. The first kappa shape index (κ1) is 15.6. The molecule has 0 radical (unpaired) electrons. The van der Waals surface area contributed by atoms with E-state index in [2.05, 4.69) is 19.2 Å². The van der Waals surface area contributed by atoms with Crippen molar-refractivity contribution in [1.82, 2.24) is 10.2 Å². The van der Waals surface area contributed by atoms with Gasteiger partial charge in [0.15, 0.2) is 0 Å². The van der Waals surface area contributed by atoms with Gasteiger partial charge in [0, 0.05) is 29.7 Å². The maximum absolute atomic E-state index is 12.2. The third-order valence-corrected chi connectivity index (χ3v) is 4.05. The minimum Gasteiger partial charge on any atom is -0.351 e. The van der Waals surface area contributed by atoms with Crippen LogP contribution in [-0.2, 0) is 0 Å². The molecule has 0 bridgehead atoms. The molecule has 1 aliphatic heterocycles. The number of hydrogen-bond donors (Lipinski definition) is 2. The van der Waals surface area contributed by atoms with Crippen molar-refractivity contribution in [2.45, 2.75) is 32.2 Å². The largest absolute Gasteiger partial charge is 0.351 e. The molecule has 3 N–H and O–H groups in total. The van der Waals surface area contributed by atoms with Crippen LogP contribution in [-0.4, -0.2) is 36.0 Å². The average molecular weight is 310 g/mol. The maximum atomic E-state index is 12.2. The van der Waals surface area contributed by atoms with Crippen LogP contribution in [0.5, 0.6) is 0 Å². The van der Waals surface area contributed by atoms with Crippen LogP contribution in [0.2, 0.25) is 5.02 Å². The van der Waals surface area contributed by atoms with Gasteiger partial charge < -0.3 is 16.0 Å². The Balaban J connectivity index is 2.01. The van der Waals surface area contributed by atoms with Gasteiger partial charge in [-0.2, -0.15) is 0 Å². The highest BCUT2D eigenvalue weighted by atomic mass is 35.5. The fourth-order valence-electron chi connectivity index (χ4n) is 2.48. The molecule has 114 valence electrons. The number of nitrogens with zero attached hydrogens (tertiary/aromatic N) is 1. The molecule has 1 aromatic rings. The number of primary amides is 1. The Morgan fingerprint density at radius 1 is 1.43 bits per heavy atom. The van der Waals surface area contributed by atoms with Gasteiger partial charge in [0.1, 0.15) is 0 Å². The molecule has 0 aliphatic carbocycles. The van der Waals surface area contributed by atoms with E-state index < -0.39 is 6.03 Å². The van der Waals surface area contributed by atoms with Crippen LogP contribution < -0.4 is 11.1 Å². The molecule has 1 saturated heterocycles. The minimum absolute atomic E-state index is 0.0615. The summed E-state index contributed by atoms with van der Waals surface area (Å²) >= 11 is 6.20. The second-order valence-corrected chi connectivity index (χ2v) is 6.04. The molecule has 1 atom stereocenters. The molecular formula is C15H20ClN3O2. The molecule has 5 nitrogen and oxygen atoms in total. The third kappa shape index (κ3) is 3.67. The van der Waals surface area contributed by atoms with Gasteiger partial charge in [-0.15, -0.1) is 0 Å². The predicted molar refractivity (Wildman–Crippen MR) is 82.6 cm³/mol. The highest BCUT2D eigenvalue weighted by Gasteiger charge is 2.26. The number of carbonyl (C=O) groups is 2. The minimum atomic E-state index is -0.448. The smallest absolute Gasteiger partial charge is 0.314 e. The van der Waals surface area contributed by atoms with Crippen LogP contribution in [0.3, 0.4) is 0 Å². The zero-order valence-corrected chi connectivity index (χ0v) is 13.0. The first-order valence-electron chi connectivity index (χ1n) is 7.03. The zero-order valence-electron chi connectivity index (χ0n) is 12.2. The Bertz CT molecular complexity index is 560. The van der Waals surface area contributed by atoms with Crippen molar-refractivity contribution in [2.24, 2.45) is 5.73 Å². The molecule has 3 amide bonds. The van der Waals surface area contributed by atoms with Crippen LogP contribution in [0.25, 0.3) is 0 Å². The molecule has 1 aromatic carbocycles. The van der Waals surface area contributed by atoms with Gasteiger partial charge >= 0.3 is 6.03 Å². The lowest BCUT2D eigenvalue weighted by atomic mass is 10.0. The SMILES string of the molecule is CC(C)c1ccc(C(=O)N[C@@H]2CCN(C(N)=O)C2)cc1Cl. The summed E-state index contributed by atoms with van der Waals surface area (Å²) < 4.78 is 0.